The molecule has 1 aliphatic heterocycles. The van der Waals surface area contributed by atoms with E-state index in [-0.39, 0.29) is 0 Å². The van der Waals surface area contributed by atoms with Crippen molar-refractivity contribution in [2.75, 3.05) is 0 Å². The van der Waals surface area contributed by atoms with Crippen LogP contribution in [-0.2, 0) is 13.8 Å². The molecule has 0 aromatic rings. The Balaban J connectivity index is 1.82. The van der Waals surface area contributed by atoms with Crippen molar-refractivity contribution in [2.24, 2.45) is 5.73 Å². The summed E-state index contributed by atoms with van der Waals surface area (Å²) in [6.45, 7) is 2.25. The molecule has 25 heavy (non-hydrogen) atoms. The lowest BCUT2D eigenvalue weighted by Gasteiger charge is -2.12. The molecule has 7 heteroatoms. The Morgan fingerprint density at radius 2 is 1.40 bits per heavy atom. The topological polar surface area (TPSA) is 105 Å². The first-order valence-electron chi connectivity index (χ1n) is 10.1. The summed E-state index contributed by atoms with van der Waals surface area (Å²) < 4.78 is 20.8. The first-order valence-corrected chi connectivity index (χ1v) is 11.6. The Morgan fingerprint density at radius 3 is 1.92 bits per heavy atom. The average Bonchev–Trinajstić information content (AvgIpc) is 3.26. The van der Waals surface area contributed by atoms with Crippen molar-refractivity contribution >= 4 is 7.82 Å². The second kappa shape index (κ2) is 13.2. The molecular formula is C18H38NO5P. The fraction of sp³-hybridized carbons (Fsp3) is 1.00. The van der Waals surface area contributed by atoms with Crippen molar-refractivity contribution in [1.82, 2.24) is 0 Å². The summed E-state index contributed by atoms with van der Waals surface area (Å²) in [5.74, 6) is 0. The van der Waals surface area contributed by atoms with Crippen molar-refractivity contribution in [3.8, 4) is 0 Å². The molecule has 1 fully saturated rings. The zero-order chi connectivity index (χ0) is 18.5. The molecule has 3 atom stereocenters. The SMILES string of the molecule is CCCCCCCCC1OC1CCCCCCCC(N)OP(=O)(O)O. The highest BCUT2D eigenvalue weighted by molar-refractivity contribution is 7.46. The van der Waals surface area contributed by atoms with E-state index < -0.39 is 14.1 Å². The van der Waals surface area contributed by atoms with E-state index in [1.807, 2.05) is 0 Å². The van der Waals surface area contributed by atoms with Crippen LogP contribution < -0.4 is 5.73 Å². The molecule has 0 aromatic heterocycles. The predicted molar refractivity (Wildman–Crippen MR) is 100 cm³/mol. The Bertz CT molecular complexity index is 376. The van der Waals surface area contributed by atoms with Gasteiger partial charge in [0.05, 0.1) is 12.2 Å². The summed E-state index contributed by atoms with van der Waals surface area (Å²) in [7, 11) is -4.45. The lowest BCUT2D eigenvalue weighted by molar-refractivity contribution is 0.129. The number of nitrogens with two attached hydrogens (primary N) is 1. The van der Waals surface area contributed by atoms with E-state index in [2.05, 4.69) is 11.4 Å². The van der Waals surface area contributed by atoms with Crippen LogP contribution in [0.5, 0.6) is 0 Å². The van der Waals surface area contributed by atoms with Gasteiger partial charge in [-0.05, 0) is 25.7 Å². The lowest BCUT2D eigenvalue weighted by atomic mass is 10.0. The van der Waals surface area contributed by atoms with Crippen LogP contribution in [0.3, 0.4) is 0 Å². The molecule has 0 radical (unpaired) electrons. The minimum absolute atomic E-state index is 0.483. The fourth-order valence-electron chi connectivity index (χ4n) is 3.26. The summed E-state index contributed by atoms with van der Waals surface area (Å²) in [6, 6.07) is 0. The van der Waals surface area contributed by atoms with Crippen molar-refractivity contribution in [3.05, 3.63) is 0 Å². The van der Waals surface area contributed by atoms with Crippen LogP contribution in [-0.4, -0.2) is 28.2 Å². The quantitative estimate of drug-likeness (QED) is 0.147. The lowest BCUT2D eigenvalue weighted by Crippen LogP contribution is -2.22. The number of unbranched alkanes of at least 4 members (excludes halogenated alkanes) is 9. The zero-order valence-electron chi connectivity index (χ0n) is 15.8. The van der Waals surface area contributed by atoms with Crippen molar-refractivity contribution in [2.45, 2.75) is 115 Å². The predicted octanol–water partition coefficient (Wildman–Crippen LogP) is 4.63. The number of hydrogen-bond acceptors (Lipinski definition) is 4. The number of epoxide rings is 1. The van der Waals surface area contributed by atoms with E-state index in [0.717, 1.165) is 19.3 Å². The largest absolute Gasteiger partial charge is 0.471 e. The molecule has 0 saturated carbocycles. The second-order valence-electron chi connectivity index (χ2n) is 7.25. The Morgan fingerprint density at radius 1 is 0.920 bits per heavy atom. The third-order valence-electron chi connectivity index (χ3n) is 4.78. The Kier molecular flexibility index (Phi) is 12.2. The Hall–Kier alpha value is 0.0300. The maximum absolute atomic E-state index is 10.6. The van der Waals surface area contributed by atoms with Crippen molar-refractivity contribution < 1.29 is 23.6 Å². The van der Waals surface area contributed by atoms with Crippen molar-refractivity contribution in [1.29, 1.82) is 0 Å². The highest BCUT2D eigenvalue weighted by Gasteiger charge is 2.36. The first-order chi connectivity index (χ1) is 11.9. The average molecular weight is 379 g/mol. The van der Waals surface area contributed by atoms with Crippen molar-refractivity contribution in [3.63, 3.8) is 0 Å². The van der Waals surface area contributed by atoms with Crippen LogP contribution >= 0.6 is 7.82 Å². The van der Waals surface area contributed by atoms with Gasteiger partial charge in [0.2, 0.25) is 0 Å². The number of phosphoric acid groups is 1. The molecule has 1 aliphatic rings. The molecule has 0 amide bonds. The molecule has 4 N–H and O–H groups in total. The van der Waals surface area contributed by atoms with E-state index in [1.54, 1.807) is 0 Å². The van der Waals surface area contributed by atoms with Gasteiger partial charge in [0.25, 0.3) is 0 Å². The minimum Gasteiger partial charge on any atom is -0.370 e. The standard InChI is InChI=1S/C18H38NO5P/c1-2-3-4-5-7-10-13-16-17(23-16)14-11-8-6-9-12-15-18(19)24-25(20,21)22/h16-18H,2-15,19H2,1H3,(H2,20,21,22). The maximum Gasteiger partial charge on any atom is 0.471 e. The monoisotopic (exact) mass is 379 g/mol. The molecular weight excluding hydrogens is 341 g/mol. The van der Waals surface area contributed by atoms with Gasteiger partial charge in [0.15, 0.2) is 0 Å². The van der Waals surface area contributed by atoms with Gasteiger partial charge in [-0.25, -0.2) is 4.57 Å². The summed E-state index contributed by atoms with van der Waals surface area (Å²) >= 11 is 0. The van der Waals surface area contributed by atoms with Crippen LogP contribution in [0.15, 0.2) is 0 Å². The molecule has 1 heterocycles. The highest BCUT2D eigenvalue weighted by atomic mass is 31.2. The molecule has 0 aliphatic carbocycles. The molecule has 0 bridgehead atoms. The van der Waals surface area contributed by atoms with Gasteiger partial charge in [-0.3, -0.25) is 4.52 Å². The van der Waals surface area contributed by atoms with Gasteiger partial charge < -0.3 is 20.3 Å². The van der Waals surface area contributed by atoms with E-state index in [4.69, 9.17) is 20.3 Å². The van der Waals surface area contributed by atoms with E-state index in [0.29, 0.717) is 18.6 Å². The van der Waals surface area contributed by atoms with Gasteiger partial charge in [0, 0.05) is 0 Å². The molecule has 3 unspecified atom stereocenters. The van der Waals surface area contributed by atoms with Gasteiger partial charge >= 0.3 is 7.82 Å². The molecule has 0 aromatic carbocycles. The first kappa shape index (κ1) is 23.1. The zero-order valence-corrected chi connectivity index (χ0v) is 16.7. The molecule has 1 saturated heterocycles. The van der Waals surface area contributed by atoms with Gasteiger partial charge in [0.1, 0.15) is 6.23 Å². The minimum atomic E-state index is -4.45. The summed E-state index contributed by atoms with van der Waals surface area (Å²) in [5.41, 5.74) is 5.51. The molecule has 6 nitrogen and oxygen atoms in total. The Labute approximate surface area is 153 Å². The molecule has 0 spiro atoms. The van der Waals surface area contributed by atoms with Gasteiger partial charge in [-0.1, -0.05) is 71.1 Å². The van der Waals surface area contributed by atoms with Crippen LogP contribution in [0.2, 0.25) is 0 Å². The van der Waals surface area contributed by atoms with Crippen LogP contribution in [0.4, 0.5) is 0 Å². The third-order valence-corrected chi connectivity index (χ3v) is 5.33. The van der Waals surface area contributed by atoms with E-state index in [9.17, 15) is 4.57 Å². The summed E-state index contributed by atoms with van der Waals surface area (Å²) in [4.78, 5) is 17.3. The number of rotatable bonds is 17. The summed E-state index contributed by atoms with van der Waals surface area (Å²) in [6.07, 6.45) is 16.5. The second-order valence-corrected chi connectivity index (χ2v) is 8.44. The maximum atomic E-state index is 10.6. The third kappa shape index (κ3) is 13.8. The number of hydrogen-bond donors (Lipinski definition) is 3. The number of ether oxygens (including phenoxy) is 1. The molecule has 1 rings (SSSR count). The highest BCUT2D eigenvalue weighted by Crippen LogP contribution is 2.37. The van der Waals surface area contributed by atoms with E-state index >= 15 is 0 Å². The molecule has 150 valence electrons. The van der Waals surface area contributed by atoms with Gasteiger partial charge in [-0.2, -0.15) is 0 Å². The summed E-state index contributed by atoms with van der Waals surface area (Å²) in [5, 5.41) is 0. The number of phosphoric ester groups is 1. The van der Waals surface area contributed by atoms with Crippen LogP contribution in [0.25, 0.3) is 0 Å². The van der Waals surface area contributed by atoms with Crippen LogP contribution in [0, 0.1) is 0 Å². The van der Waals surface area contributed by atoms with Gasteiger partial charge in [-0.15, -0.1) is 0 Å². The smallest absolute Gasteiger partial charge is 0.370 e. The van der Waals surface area contributed by atoms with Crippen LogP contribution in [0.1, 0.15) is 96.8 Å². The normalized spacial score (nSPS) is 21.4. The fourth-order valence-corrected chi connectivity index (χ4v) is 3.72. The van der Waals surface area contributed by atoms with E-state index in [1.165, 1.54) is 64.2 Å².